The van der Waals surface area contributed by atoms with E-state index in [4.69, 9.17) is 0 Å². The Hall–Kier alpha value is -3.81. The van der Waals surface area contributed by atoms with Crippen LogP contribution < -0.4 is 10.2 Å². The number of carbonyl (C=O) groups excluding carboxylic acids is 1. The summed E-state index contributed by atoms with van der Waals surface area (Å²) >= 11 is 0. The maximum absolute atomic E-state index is 13.1. The molecule has 1 saturated heterocycles. The first-order chi connectivity index (χ1) is 15.2. The van der Waals surface area contributed by atoms with Crippen LogP contribution in [0.3, 0.4) is 0 Å². The van der Waals surface area contributed by atoms with Crippen LogP contribution in [0.4, 0.5) is 15.9 Å². The molecule has 4 aromatic rings. The Bertz CT molecular complexity index is 1230. The molecule has 1 amide bonds. The van der Waals surface area contributed by atoms with E-state index in [0.29, 0.717) is 5.39 Å². The number of halogens is 1. The molecule has 1 aliphatic heterocycles. The molecule has 8 heteroatoms. The molecule has 1 fully saturated rings. The highest BCUT2D eigenvalue weighted by Gasteiger charge is 2.17. The Labute approximate surface area is 178 Å². The summed E-state index contributed by atoms with van der Waals surface area (Å²) in [6, 6.07) is 10.6. The van der Waals surface area contributed by atoms with E-state index in [1.807, 2.05) is 30.6 Å². The predicted octanol–water partition coefficient (Wildman–Crippen LogP) is 4.40. The monoisotopic (exact) mass is 416 g/mol. The van der Waals surface area contributed by atoms with E-state index in [0.717, 1.165) is 41.6 Å². The molecule has 1 aliphatic rings. The number of nitrogens with one attached hydrogen (secondary N) is 2. The fourth-order valence-corrected chi connectivity index (χ4v) is 3.90. The number of fused-ring (bicyclic) bond motifs is 1. The molecule has 7 nitrogen and oxygen atoms in total. The molecule has 1 aromatic carbocycles. The van der Waals surface area contributed by atoms with Crippen LogP contribution in [0.15, 0.2) is 55.0 Å². The molecule has 3 aromatic heterocycles. The SMILES string of the molecule is O=C(Nc1ccc(F)cn1)c1n[nH]c2ccc(-c3cncc(N4CCCCC4)c3)cc12. The summed E-state index contributed by atoms with van der Waals surface area (Å²) in [5.41, 5.74) is 4.06. The van der Waals surface area contributed by atoms with Crippen molar-refractivity contribution in [3.8, 4) is 11.1 Å². The van der Waals surface area contributed by atoms with Crippen molar-refractivity contribution in [2.75, 3.05) is 23.3 Å². The van der Waals surface area contributed by atoms with E-state index in [1.165, 1.54) is 31.4 Å². The zero-order valence-electron chi connectivity index (χ0n) is 16.8. The number of nitrogens with zero attached hydrogens (tertiary/aromatic N) is 4. The average Bonchev–Trinajstić information content (AvgIpc) is 3.25. The summed E-state index contributed by atoms with van der Waals surface area (Å²) < 4.78 is 13.1. The largest absolute Gasteiger partial charge is 0.370 e. The Balaban J connectivity index is 1.45. The highest BCUT2D eigenvalue weighted by Crippen LogP contribution is 2.29. The van der Waals surface area contributed by atoms with Gasteiger partial charge in [0.15, 0.2) is 5.69 Å². The summed E-state index contributed by atoms with van der Waals surface area (Å²) in [4.78, 5) is 23.4. The number of benzene rings is 1. The molecular formula is C23H21FN6O. The van der Waals surface area contributed by atoms with Crippen LogP contribution in [0.2, 0.25) is 0 Å². The summed E-state index contributed by atoms with van der Waals surface area (Å²) in [5.74, 6) is -0.618. The molecule has 0 spiro atoms. The third-order valence-corrected chi connectivity index (χ3v) is 5.53. The molecule has 0 bridgehead atoms. The van der Waals surface area contributed by atoms with E-state index in [1.54, 1.807) is 0 Å². The van der Waals surface area contributed by atoms with E-state index in [-0.39, 0.29) is 11.5 Å². The van der Waals surface area contributed by atoms with Gasteiger partial charge >= 0.3 is 0 Å². The lowest BCUT2D eigenvalue weighted by molar-refractivity contribution is 0.102. The first-order valence-electron chi connectivity index (χ1n) is 10.3. The molecule has 0 unspecified atom stereocenters. The first-order valence-corrected chi connectivity index (χ1v) is 10.3. The number of aromatic nitrogens is 4. The van der Waals surface area contributed by atoms with Gasteiger partial charge in [-0.25, -0.2) is 9.37 Å². The predicted molar refractivity (Wildman–Crippen MR) is 118 cm³/mol. The van der Waals surface area contributed by atoms with Crippen LogP contribution in [0.25, 0.3) is 22.0 Å². The van der Waals surface area contributed by atoms with Crippen molar-refractivity contribution in [2.24, 2.45) is 0 Å². The Morgan fingerprint density at radius 2 is 1.87 bits per heavy atom. The van der Waals surface area contributed by atoms with Gasteiger partial charge < -0.3 is 10.2 Å². The summed E-state index contributed by atoms with van der Waals surface area (Å²) in [6.45, 7) is 2.10. The number of anilines is 2. The van der Waals surface area contributed by atoms with E-state index in [2.05, 4.69) is 36.4 Å². The summed E-state index contributed by atoms with van der Waals surface area (Å²) in [5, 5.41) is 10.4. The topological polar surface area (TPSA) is 86.8 Å². The van der Waals surface area contributed by atoms with Gasteiger partial charge in [0.25, 0.3) is 5.91 Å². The van der Waals surface area contributed by atoms with E-state index < -0.39 is 11.7 Å². The quantitative estimate of drug-likeness (QED) is 0.515. The third kappa shape index (κ3) is 3.96. The number of hydrogen-bond acceptors (Lipinski definition) is 5. The zero-order chi connectivity index (χ0) is 21.2. The lowest BCUT2D eigenvalue weighted by Gasteiger charge is -2.28. The van der Waals surface area contributed by atoms with Gasteiger partial charge in [0.2, 0.25) is 0 Å². The molecule has 2 N–H and O–H groups in total. The summed E-state index contributed by atoms with van der Waals surface area (Å²) in [7, 11) is 0. The maximum atomic E-state index is 13.1. The Kier molecular flexibility index (Phi) is 5.03. The minimum atomic E-state index is -0.465. The van der Waals surface area contributed by atoms with E-state index in [9.17, 15) is 9.18 Å². The van der Waals surface area contributed by atoms with Gasteiger partial charge in [0.05, 0.1) is 23.6 Å². The molecular weight excluding hydrogens is 395 g/mol. The highest BCUT2D eigenvalue weighted by molar-refractivity contribution is 6.11. The van der Waals surface area contributed by atoms with Crippen LogP contribution in [-0.2, 0) is 0 Å². The second-order valence-corrected chi connectivity index (χ2v) is 7.63. The molecule has 5 rings (SSSR count). The first kappa shape index (κ1) is 19.2. The number of pyridine rings is 2. The van der Waals surface area contributed by atoms with Crippen molar-refractivity contribution in [1.82, 2.24) is 20.2 Å². The molecule has 0 aliphatic carbocycles. The van der Waals surface area contributed by atoms with Crippen LogP contribution in [0.5, 0.6) is 0 Å². The van der Waals surface area contributed by atoms with Crippen molar-refractivity contribution in [1.29, 1.82) is 0 Å². The number of amides is 1. The van der Waals surface area contributed by atoms with Crippen molar-refractivity contribution in [3.63, 3.8) is 0 Å². The molecule has 156 valence electrons. The lowest BCUT2D eigenvalue weighted by atomic mass is 10.0. The molecule has 0 saturated carbocycles. The maximum Gasteiger partial charge on any atom is 0.277 e. The van der Waals surface area contributed by atoms with Gasteiger partial charge in [-0.05, 0) is 55.2 Å². The fourth-order valence-electron chi connectivity index (χ4n) is 3.90. The molecule has 4 heterocycles. The number of carbonyl (C=O) groups is 1. The standard InChI is InChI=1S/C23H21FN6O/c24-17-5-7-21(26-13-17)27-23(31)22-19-11-15(4-6-20(19)28-29-22)16-10-18(14-25-12-16)30-8-2-1-3-9-30/h4-7,10-14H,1-3,8-9H2,(H,28,29)(H,26,27,31). The van der Waals surface area contributed by atoms with Crippen LogP contribution in [0, 0.1) is 5.82 Å². The number of H-pyrrole nitrogens is 1. The van der Waals surface area contributed by atoms with Gasteiger partial charge in [-0.1, -0.05) is 6.07 Å². The molecule has 0 atom stereocenters. The van der Waals surface area contributed by atoms with Crippen molar-refractivity contribution in [2.45, 2.75) is 19.3 Å². The minimum Gasteiger partial charge on any atom is -0.370 e. The average molecular weight is 416 g/mol. The number of aromatic amines is 1. The zero-order valence-corrected chi connectivity index (χ0v) is 16.8. The Morgan fingerprint density at radius 1 is 1.00 bits per heavy atom. The van der Waals surface area contributed by atoms with Crippen molar-refractivity contribution < 1.29 is 9.18 Å². The van der Waals surface area contributed by atoms with Gasteiger partial charge in [-0.3, -0.25) is 14.9 Å². The van der Waals surface area contributed by atoms with Gasteiger partial charge in [0.1, 0.15) is 11.6 Å². The second-order valence-electron chi connectivity index (χ2n) is 7.63. The number of rotatable bonds is 4. The second kappa shape index (κ2) is 8.14. The molecule has 0 radical (unpaired) electrons. The van der Waals surface area contributed by atoms with Crippen molar-refractivity contribution in [3.05, 3.63) is 66.5 Å². The summed E-state index contributed by atoms with van der Waals surface area (Å²) in [6.07, 6.45) is 8.47. The van der Waals surface area contributed by atoms with Crippen LogP contribution in [0.1, 0.15) is 29.8 Å². The Morgan fingerprint density at radius 3 is 2.68 bits per heavy atom. The highest BCUT2D eigenvalue weighted by atomic mass is 19.1. The number of piperidine rings is 1. The molecule has 31 heavy (non-hydrogen) atoms. The van der Waals surface area contributed by atoms with E-state index >= 15 is 0 Å². The third-order valence-electron chi connectivity index (χ3n) is 5.53. The smallest absolute Gasteiger partial charge is 0.277 e. The van der Waals surface area contributed by atoms with Gasteiger partial charge in [0, 0.05) is 30.2 Å². The van der Waals surface area contributed by atoms with Crippen LogP contribution in [-0.4, -0.2) is 39.2 Å². The van der Waals surface area contributed by atoms with Gasteiger partial charge in [-0.15, -0.1) is 0 Å². The minimum absolute atomic E-state index is 0.253. The lowest BCUT2D eigenvalue weighted by Crippen LogP contribution is -2.29. The van der Waals surface area contributed by atoms with Crippen molar-refractivity contribution >= 4 is 28.3 Å². The van der Waals surface area contributed by atoms with Crippen LogP contribution >= 0.6 is 0 Å². The normalized spacial score (nSPS) is 14.0. The fraction of sp³-hybridized carbons (Fsp3) is 0.217. The van der Waals surface area contributed by atoms with Gasteiger partial charge in [-0.2, -0.15) is 5.10 Å². The number of hydrogen-bond donors (Lipinski definition) is 2.